The fourth-order valence-corrected chi connectivity index (χ4v) is 1.96. The second kappa shape index (κ2) is 1.89. The first kappa shape index (κ1) is 5.08. The Bertz CT molecular complexity index is 279. The Kier molecular flexibility index (Phi) is 1.07. The lowest BCUT2D eigenvalue weighted by atomic mass is 10.2. The van der Waals surface area contributed by atoms with Crippen LogP contribution in [-0.2, 0) is 0 Å². The van der Waals surface area contributed by atoms with Crippen molar-refractivity contribution in [3.05, 3.63) is 35.9 Å². The standard InChI is InChI=1S/C8H7P/c1-2-4-8-6-9-5-7(8)3-1/h1-6,9H. The van der Waals surface area contributed by atoms with Gasteiger partial charge in [0.25, 0.3) is 0 Å². The Balaban J connectivity index is 2.95. The van der Waals surface area contributed by atoms with Crippen LogP contribution in [0.1, 0.15) is 0 Å². The molecule has 44 valence electrons. The maximum absolute atomic E-state index is 2.27. The average Bonchev–Trinajstić information content (AvgIpc) is 2.33. The molecule has 0 amide bonds. The zero-order valence-corrected chi connectivity index (χ0v) is 5.96. The highest BCUT2D eigenvalue weighted by atomic mass is 31.0. The highest BCUT2D eigenvalue weighted by Gasteiger charge is 1.86. The summed E-state index contributed by atoms with van der Waals surface area (Å²) in [6.45, 7) is 0. The highest BCUT2D eigenvalue weighted by Crippen LogP contribution is 2.20. The van der Waals surface area contributed by atoms with Gasteiger partial charge in [-0.15, -0.1) is 8.19 Å². The van der Waals surface area contributed by atoms with Crippen molar-refractivity contribution in [1.29, 1.82) is 0 Å². The largest absolute Gasteiger partial charge is 0.139 e. The Morgan fingerprint density at radius 3 is 2.00 bits per heavy atom. The van der Waals surface area contributed by atoms with E-state index in [-0.39, 0.29) is 0 Å². The summed E-state index contributed by atoms with van der Waals surface area (Å²) in [5.41, 5.74) is 0. The van der Waals surface area contributed by atoms with Crippen LogP contribution in [0.25, 0.3) is 10.8 Å². The molecule has 0 saturated carbocycles. The predicted octanol–water partition coefficient (Wildman–Crippen LogP) is 2.87. The van der Waals surface area contributed by atoms with Gasteiger partial charge in [-0.2, -0.15) is 0 Å². The van der Waals surface area contributed by atoms with Gasteiger partial charge in [-0.05, 0) is 22.4 Å². The van der Waals surface area contributed by atoms with Crippen molar-refractivity contribution < 1.29 is 0 Å². The Morgan fingerprint density at radius 2 is 1.44 bits per heavy atom. The van der Waals surface area contributed by atoms with Crippen LogP contribution in [-0.4, -0.2) is 0 Å². The van der Waals surface area contributed by atoms with Crippen LogP contribution in [0.15, 0.2) is 35.9 Å². The van der Waals surface area contributed by atoms with Crippen LogP contribution in [0.5, 0.6) is 0 Å². The van der Waals surface area contributed by atoms with Crippen LogP contribution in [0, 0.1) is 0 Å². The number of rotatable bonds is 0. The summed E-state index contributed by atoms with van der Waals surface area (Å²) in [7, 11) is 0.896. The molecular weight excluding hydrogens is 127 g/mol. The minimum absolute atomic E-state index is 0.896. The number of hydrogen-bond acceptors (Lipinski definition) is 0. The van der Waals surface area contributed by atoms with E-state index in [1.807, 2.05) is 0 Å². The molecule has 0 atom stereocenters. The van der Waals surface area contributed by atoms with Crippen LogP contribution in [0.2, 0.25) is 0 Å². The summed E-state index contributed by atoms with van der Waals surface area (Å²) in [5.74, 6) is 4.55. The third kappa shape index (κ3) is 0.760. The smallest absolute Gasteiger partial charge is 0.0144 e. The predicted molar refractivity (Wildman–Crippen MR) is 43.4 cm³/mol. The van der Waals surface area contributed by atoms with Crippen LogP contribution >= 0.6 is 8.19 Å². The fraction of sp³-hybridized carbons (Fsp3) is 0. The maximum atomic E-state index is 2.27. The molecule has 0 fully saturated rings. The number of benzene rings is 1. The van der Waals surface area contributed by atoms with Gasteiger partial charge < -0.3 is 0 Å². The van der Waals surface area contributed by atoms with Crippen molar-refractivity contribution in [3.8, 4) is 0 Å². The first-order chi connectivity index (χ1) is 4.47. The molecule has 0 radical (unpaired) electrons. The van der Waals surface area contributed by atoms with Crippen LogP contribution < -0.4 is 0 Å². The van der Waals surface area contributed by atoms with Gasteiger partial charge in [-0.25, -0.2) is 0 Å². The zero-order valence-electron chi connectivity index (χ0n) is 4.96. The van der Waals surface area contributed by atoms with Crippen molar-refractivity contribution in [2.75, 3.05) is 0 Å². The SMILES string of the molecule is c1ccc2c[pH]cc2c1. The number of hydrogen-bond donors (Lipinski definition) is 0. The molecule has 2 rings (SSSR count). The summed E-state index contributed by atoms with van der Waals surface area (Å²) in [6, 6.07) is 8.48. The van der Waals surface area contributed by atoms with E-state index < -0.39 is 0 Å². The van der Waals surface area contributed by atoms with Gasteiger partial charge >= 0.3 is 0 Å². The van der Waals surface area contributed by atoms with Gasteiger partial charge in [0.1, 0.15) is 0 Å². The van der Waals surface area contributed by atoms with E-state index in [2.05, 4.69) is 35.9 Å². The summed E-state index contributed by atoms with van der Waals surface area (Å²) in [5, 5.41) is 2.80. The summed E-state index contributed by atoms with van der Waals surface area (Å²) < 4.78 is 0. The van der Waals surface area contributed by atoms with Crippen LogP contribution in [0.3, 0.4) is 0 Å². The van der Waals surface area contributed by atoms with Crippen molar-refractivity contribution in [2.24, 2.45) is 0 Å². The Morgan fingerprint density at radius 1 is 0.889 bits per heavy atom. The molecule has 1 aromatic carbocycles. The molecule has 0 aliphatic rings. The third-order valence-electron chi connectivity index (χ3n) is 1.47. The molecule has 0 unspecified atom stereocenters. The Hall–Kier alpha value is -0.740. The lowest BCUT2D eigenvalue weighted by molar-refractivity contribution is 1.85. The van der Waals surface area contributed by atoms with Gasteiger partial charge in [0, 0.05) is 0 Å². The molecule has 0 aliphatic heterocycles. The van der Waals surface area contributed by atoms with Gasteiger partial charge in [-0.3, -0.25) is 0 Å². The van der Waals surface area contributed by atoms with Gasteiger partial charge in [0.15, 0.2) is 0 Å². The fourth-order valence-electron chi connectivity index (χ4n) is 0.995. The van der Waals surface area contributed by atoms with E-state index in [1.165, 1.54) is 10.8 Å². The molecular formula is C8H7P. The first-order valence-corrected chi connectivity index (χ1v) is 4.14. The molecule has 0 saturated heterocycles. The van der Waals surface area contributed by atoms with E-state index in [4.69, 9.17) is 0 Å². The lowest BCUT2D eigenvalue weighted by Crippen LogP contribution is -1.57. The molecule has 1 aromatic heterocycles. The van der Waals surface area contributed by atoms with E-state index in [0.29, 0.717) is 0 Å². The summed E-state index contributed by atoms with van der Waals surface area (Å²) in [4.78, 5) is 0. The van der Waals surface area contributed by atoms with Crippen molar-refractivity contribution in [1.82, 2.24) is 0 Å². The van der Waals surface area contributed by atoms with Crippen LogP contribution in [0.4, 0.5) is 0 Å². The lowest BCUT2D eigenvalue weighted by Gasteiger charge is -1.83. The van der Waals surface area contributed by atoms with Gasteiger partial charge in [0.2, 0.25) is 0 Å². The minimum atomic E-state index is 0.896. The van der Waals surface area contributed by atoms with E-state index in [1.54, 1.807) is 0 Å². The minimum Gasteiger partial charge on any atom is -0.139 e. The molecule has 1 heterocycles. The maximum Gasteiger partial charge on any atom is -0.0144 e. The summed E-state index contributed by atoms with van der Waals surface area (Å²) >= 11 is 0. The molecule has 0 nitrogen and oxygen atoms in total. The molecule has 0 aliphatic carbocycles. The molecule has 0 bridgehead atoms. The quantitative estimate of drug-likeness (QED) is 0.519. The van der Waals surface area contributed by atoms with Crippen molar-refractivity contribution in [2.45, 2.75) is 0 Å². The second-order valence-electron chi connectivity index (χ2n) is 2.08. The summed E-state index contributed by atoms with van der Waals surface area (Å²) in [6.07, 6.45) is 0. The number of fused-ring (bicyclic) bond motifs is 1. The van der Waals surface area contributed by atoms with E-state index >= 15 is 0 Å². The third-order valence-corrected chi connectivity index (χ3v) is 2.43. The topological polar surface area (TPSA) is 0 Å². The van der Waals surface area contributed by atoms with Crippen molar-refractivity contribution in [3.63, 3.8) is 0 Å². The molecule has 1 heteroatoms. The highest BCUT2D eigenvalue weighted by molar-refractivity contribution is 7.29. The molecule has 0 N–H and O–H groups in total. The van der Waals surface area contributed by atoms with Gasteiger partial charge in [-0.1, -0.05) is 24.3 Å². The monoisotopic (exact) mass is 134 g/mol. The normalized spacial score (nSPS) is 10.2. The second-order valence-corrected chi connectivity index (χ2v) is 2.99. The molecule has 9 heavy (non-hydrogen) atoms. The molecule has 0 spiro atoms. The van der Waals surface area contributed by atoms with Crippen molar-refractivity contribution >= 4 is 19.0 Å². The zero-order chi connectivity index (χ0) is 6.10. The van der Waals surface area contributed by atoms with E-state index in [0.717, 1.165) is 8.19 Å². The Labute approximate surface area is 55.6 Å². The average molecular weight is 134 g/mol. The van der Waals surface area contributed by atoms with Gasteiger partial charge in [0.05, 0.1) is 0 Å². The van der Waals surface area contributed by atoms with E-state index in [9.17, 15) is 0 Å². The first-order valence-electron chi connectivity index (χ1n) is 2.98. The molecule has 2 aromatic rings.